The van der Waals surface area contributed by atoms with E-state index in [1.54, 1.807) is 6.07 Å². The van der Waals surface area contributed by atoms with E-state index in [-0.39, 0.29) is 36.0 Å². The SMILES string of the molecule is NC[C@H](O)CNS(=O)(=O)c1ccc(-c2ccnc(N)c2)c(C2=NCN=N2)c1S(N)(=O)=O. The number of aliphatic hydroxyl groups is 1. The number of primary sulfonamides is 1. The van der Waals surface area contributed by atoms with E-state index >= 15 is 0 Å². The molecule has 0 saturated carbocycles. The van der Waals surface area contributed by atoms with Gasteiger partial charge in [-0.05, 0) is 29.3 Å². The molecule has 0 fully saturated rings. The molecule has 3 rings (SSSR count). The molecule has 0 bridgehead atoms. The second kappa shape index (κ2) is 8.74. The lowest BCUT2D eigenvalue weighted by atomic mass is 9.99. The summed E-state index contributed by atoms with van der Waals surface area (Å²) in [6.45, 7) is -0.688. The fourth-order valence-electron chi connectivity index (χ4n) is 2.86. The van der Waals surface area contributed by atoms with Crippen LogP contribution in [-0.2, 0) is 20.0 Å². The van der Waals surface area contributed by atoms with E-state index in [4.69, 9.17) is 16.6 Å². The summed E-state index contributed by atoms with van der Waals surface area (Å²) in [4.78, 5) is 6.59. The van der Waals surface area contributed by atoms with Gasteiger partial charge in [0.15, 0.2) is 12.5 Å². The van der Waals surface area contributed by atoms with Gasteiger partial charge in [-0.1, -0.05) is 6.07 Å². The smallest absolute Gasteiger partial charge is 0.242 e. The Morgan fingerprint density at radius 3 is 2.52 bits per heavy atom. The highest BCUT2D eigenvalue weighted by Crippen LogP contribution is 2.35. The predicted molar refractivity (Wildman–Crippen MR) is 112 cm³/mol. The average molecular weight is 469 g/mol. The van der Waals surface area contributed by atoms with E-state index in [2.05, 4.69) is 24.9 Å². The number of aliphatic hydroxyl groups excluding tert-OH is 1. The number of nitrogens with one attached hydrogen (secondary N) is 1. The summed E-state index contributed by atoms with van der Waals surface area (Å²) in [5.41, 5.74) is 11.6. The van der Waals surface area contributed by atoms with Gasteiger partial charge < -0.3 is 16.6 Å². The maximum Gasteiger partial charge on any atom is 0.242 e. The van der Waals surface area contributed by atoms with Crippen molar-refractivity contribution in [1.29, 1.82) is 0 Å². The third kappa shape index (κ3) is 4.92. The highest BCUT2D eigenvalue weighted by atomic mass is 32.2. The Hall–Kier alpha value is -2.82. The molecule has 1 aromatic heterocycles. The Kier molecular flexibility index (Phi) is 6.44. The van der Waals surface area contributed by atoms with E-state index in [1.807, 2.05) is 0 Å². The van der Waals surface area contributed by atoms with Crippen LogP contribution < -0.4 is 21.3 Å². The molecule has 0 unspecified atom stereocenters. The first-order valence-electron chi connectivity index (χ1n) is 8.76. The number of amidine groups is 1. The van der Waals surface area contributed by atoms with Crippen molar-refractivity contribution in [3.8, 4) is 11.1 Å². The number of anilines is 1. The molecule has 166 valence electrons. The van der Waals surface area contributed by atoms with Crippen LogP contribution in [0.1, 0.15) is 5.56 Å². The number of nitrogens with two attached hydrogens (primary N) is 3. The molecular weight excluding hydrogens is 448 g/mol. The quantitative estimate of drug-likeness (QED) is 0.313. The molecule has 1 aliphatic heterocycles. The van der Waals surface area contributed by atoms with Crippen molar-refractivity contribution in [1.82, 2.24) is 9.71 Å². The molecule has 0 aliphatic carbocycles. The van der Waals surface area contributed by atoms with Gasteiger partial charge in [0.1, 0.15) is 15.6 Å². The number of benzene rings is 1. The van der Waals surface area contributed by atoms with Gasteiger partial charge >= 0.3 is 0 Å². The molecule has 13 nitrogen and oxygen atoms in total. The number of nitrogens with zero attached hydrogens (tertiary/aromatic N) is 4. The Balaban J connectivity index is 2.33. The van der Waals surface area contributed by atoms with Crippen molar-refractivity contribution in [2.24, 2.45) is 26.1 Å². The molecule has 2 aromatic rings. The number of rotatable bonds is 8. The Morgan fingerprint density at radius 1 is 1.19 bits per heavy atom. The highest BCUT2D eigenvalue weighted by Gasteiger charge is 2.32. The minimum absolute atomic E-state index is 0.0603. The van der Waals surface area contributed by atoms with Gasteiger partial charge in [0.25, 0.3) is 0 Å². The summed E-state index contributed by atoms with van der Waals surface area (Å²) < 4.78 is 53.0. The molecule has 31 heavy (non-hydrogen) atoms. The van der Waals surface area contributed by atoms with E-state index in [9.17, 15) is 21.9 Å². The standard InChI is InChI=1S/C16H20N8O5S2/c17-6-10(25)7-23-31(28,29)12-2-1-11(9-3-4-20-13(18)5-9)14(15(12)30(19,26)27)16-21-8-22-24-16/h1-5,10,23,25H,6-8,17H2,(H2,18,20)(H2,19,26,27)/t10-/m0/s1. The monoisotopic (exact) mass is 468 g/mol. The normalized spacial score (nSPS) is 15.1. The van der Waals surface area contributed by atoms with Crippen LogP contribution in [0.3, 0.4) is 0 Å². The van der Waals surface area contributed by atoms with Crippen LogP contribution in [0.5, 0.6) is 0 Å². The number of hydrogen-bond acceptors (Lipinski definition) is 11. The largest absolute Gasteiger partial charge is 0.390 e. The molecule has 0 amide bonds. The van der Waals surface area contributed by atoms with Gasteiger partial charge in [-0.15, -0.1) is 5.11 Å². The van der Waals surface area contributed by atoms with E-state index in [0.717, 1.165) is 6.07 Å². The van der Waals surface area contributed by atoms with Gasteiger partial charge in [-0.3, -0.25) is 0 Å². The minimum Gasteiger partial charge on any atom is -0.390 e. The number of hydrogen-bond donors (Lipinski definition) is 5. The first kappa shape index (κ1) is 22.9. The molecule has 8 N–H and O–H groups in total. The summed E-state index contributed by atoms with van der Waals surface area (Å²) in [5.74, 6) is 0.0539. The van der Waals surface area contributed by atoms with Crippen molar-refractivity contribution in [3.63, 3.8) is 0 Å². The zero-order valence-electron chi connectivity index (χ0n) is 16.0. The van der Waals surface area contributed by atoms with Gasteiger partial charge in [-0.2, -0.15) is 5.11 Å². The van der Waals surface area contributed by atoms with Gasteiger partial charge in [0.2, 0.25) is 20.0 Å². The molecule has 0 radical (unpaired) electrons. The van der Waals surface area contributed by atoms with Gasteiger partial charge in [0.05, 0.1) is 11.7 Å². The summed E-state index contributed by atoms with van der Waals surface area (Å²) in [6, 6.07) is 5.49. The lowest BCUT2D eigenvalue weighted by molar-refractivity contribution is 0.186. The van der Waals surface area contributed by atoms with Gasteiger partial charge in [0, 0.05) is 19.3 Å². The number of azo groups is 1. The van der Waals surface area contributed by atoms with Crippen LogP contribution in [0.25, 0.3) is 11.1 Å². The first-order valence-corrected chi connectivity index (χ1v) is 11.8. The third-order valence-corrected chi connectivity index (χ3v) is 6.83. The van der Waals surface area contributed by atoms with Crippen molar-refractivity contribution in [2.75, 3.05) is 25.5 Å². The van der Waals surface area contributed by atoms with Gasteiger partial charge in [-0.25, -0.2) is 36.7 Å². The average Bonchev–Trinajstić information content (AvgIpc) is 3.25. The van der Waals surface area contributed by atoms with Crippen LogP contribution >= 0.6 is 0 Å². The Labute approximate surface area is 178 Å². The molecule has 0 saturated heterocycles. The second-order valence-corrected chi connectivity index (χ2v) is 9.67. The number of aromatic nitrogens is 1. The Morgan fingerprint density at radius 2 is 1.94 bits per heavy atom. The number of pyridine rings is 1. The minimum atomic E-state index is -4.61. The molecule has 1 atom stereocenters. The fourth-order valence-corrected chi connectivity index (χ4v) is 5.53. The first-order chi connectivity index (χ1) is 14.5. The zero-order valence-corrected chi connectivity index (χ0v) is 17.6. The van der Waals surface area contributed by atoms with E-state index < -0.39 is 42.5 Å². The lowest BCUT2D eigenvalue weighted by Crippen LogP contribution is -2.37. The molecule has 2 heterocycles. The number of sulfonamides is 2. The lowest BCUT2D eigenvalue weighted by Gasteiger charge is -2.18. The van der Waals surface area contributed by atoms with Crippen molar-refractivity contribution < 1.29 is 21.9 Å². The van der Waals surface area contributed by atoms with Crippen molar-refractivity contribution in [3.05, 3.63) is 36.0 Å². The number of aliphatic imine (C=N–C) groups is 1. The zero-order chi connectivity index (χ0) is 22.8. The van der Waals surface area contributed by atoms with E-state index in [0.29, 0.717) is 5.56 Å². The van der Waals surface area contributed by atoms with Crippen LogP contribution in [0, 0.1) is 0 Å². The topological polar surface area (TPSA) is 229 Å². The maximum atomic E-state index is 12.9. The van der Waals surface area contributed by atoms with Crippen LogP contribution in [-0.4, -0.2) is 58.6 Å². The van der Waals surface area contributed by atoms with Crippen LogP contribution in [0.15, 0.2) is 55.5 Å². The molecule has 1 aromatic carbocycles. The van der Waals surface area contributed by atoms with Crippen molar-refractivity contribution >= 4 is 31.7 Å². The number of nitrogen functional groups attached to an aromatic ring is 1. The predicted octanol–water partition coefficient (Wildman–Crippen LogP) is -1.25. The highest BCUT2D eigenvalue weighted by molar-refractivity contribution is 7.92. The second-order valence-electron chi connectivity index (χ2n) is 6.44. The van der Waals surface area contributed by atoms with Crippen LogP contribution in [0.2, 0.25) is 0 Å². The van der Waals surface area contributed by atoms with E-state index in [1.165, 1.54) is 18.3 Å². The molecule has 0 spiro atoms. The maximum absolute atomic E-state index is 12.9. The van der Waals surface area contributed by atoms with Crippen molar-refractivity contribution in [2.45, 2.75) is 15.9 Å². The summed E-state index contributed by atoms with van der Waals surface area (Å²) >= 11 is 0. The van der Waals surface area contributed by atoms with Crippen LogP contribution in [0.4, 0.5) is 5.82 Å². The summed E-state index contributed by atoms with van der Waals surface area (Å²) in [6.07, 6.45) is 0.239. The Bertz CT molecular complexity index is 1270. The summed E-state index contributed by atoms with van der Waals surface area (Å²) in [5, 5.41) is 22.6. The molecule has 15 heteroatoms. The molecule has 1 aliphatic rings. The molecular formula is C16H20N8O5S2. The third-order valence-electron chi connectivity index (χ3n) is 4.24. The fraction of sp³-hybridized carbons (Fsp3) is 0.250. The summed E-state index contributed by atoms with van der Waals surface area (Å²) in [7, 11) is -9.03.